The zero-order valence-corrected chi connectivity index (χ0v) is 26.5. The molecule has 1 aromatic heterocycles. The molecule has 1 N–H and O–H groups in total. The van der Waals surface area contributed by atoms with Crippen LogP contribution in [-0.2, 0) is 6.54 Å². The van der Waals surface area contributed by atoms with Crippen LogP contribution < -0.4 is 10.1 Å². The number of nitrogens with one attached hydrogen (secondary N) is 1. The Labute approximate surface area is 265 Å². The fourth-order valence-corrected chi connectivity index (χ4v) is 5.66. The van der Waals surface area contributed by atoms with E-state index in [0.717, 1.165) is 34.4 Å². The van der Waals surface area contributed by atoms with Gasteiger partial charge in [-0.05, 0) is 67.2 Å². The number of hydrogen-bond acceptors (Lipinski definition) is 5. The molecule has 8 nitrogen and oxygen atoms in total. The molecule has 2 amide bonds. The third-order valence-electron chi connectivity index (χ3n) is 7.21. The van der Waals surface area contributed by atoms with E-state index in [0.29, 0.717) is 35.7 Å². The maximum atomic E-state index is 12.7. The fraction of sp³-hybridized carbons (Fsp3) is 0.333. The van der Waals surface area contributed by atoms with Gasteiger partial charge < -0.3 is 15.0 Å². The molecule has 45 heavy (non-hydrogen) atoms. The number of benzene rings is 2. The summed E-state index contributed by atoms with van der Waals surface area (Å²) < 4.78 is 42.6. The molecule has 1 unspecified atom stereocenters. The average molecular weight is 639 g/mol. The molecule has 4 rings (SSSR count). The number of urea groups is 1. The summed E-state index contributed by atoms with van der Waals surface area (Å²) in [6, 6.07) is 12.6. The van der Waals surface area contributed by atoms with Crippen molar-refractivity contribution in [2.24, 2.45) is 10.9 Å². The second kappa shape index (κ2) is 15.1. The smallest absolute Gasteiger partial charge is 0.406 e. The first-order valence-electron chi connectivity index (χ1n) is 14.6. The SMILES string of the molecule is C=C(/C(C)=C\C=C/CN1C(=NC(=O)NCc2ccc(-c3ncn(-c4ccc(OC(F)(F)F)cc4)n3)cc2)SCCC1C)C(C)C. The number of ether oxygens (including phenoxy) is 1. The number of amidine groups is 1. The summed E-state index contributed by atoms with van der Waals surface area (Å²) in [4.78, 5) is 23.6. The first-order chi connectivity index (χ1) is 21.4. The third-order valence-corrected chi connectivity index (χ3v) is 8.24. The Balaban J connectivity index is 1.32. The minimum Gasteiger partial charge on any atom is -0.406 e. The number of carbonyl (C=O) groups is 1. The Kier molecular flexibility index (Phi) is 11.3. The molecule has 238 valence electrons. The van der Waals surface area contributed by atoms with Crippen molar-refractivity contribution in [2.75, 3.05) is 12.3 Å². The van der Waals surface area contributed by atoms with Crippen LogP contribution in [0.3, 0.4) is 0 Å². The molecule has 0 saturated carbocycles. The third kappa shape index (κ3) is 9.84. The lowest BCUT2D eigenvalue weighted by Gasteiger charge is -2.34. The van der Waals surface area contributed by atoms with Gasteiger partial charge >= 0.3 is 12.4 Å². The lowest BCUT2D eigenvalue weighted by molar-refractivity contribution is -0.274. The van der Waals surface area contributed by atoms with Gasteiger partial charge in [0, 0.05) is 30.4 Å². The first kappa shape index (κ1) is 33.6. The summed E-state index contributed by atoms with van der Waals surface area (Å²) in [5.41, 5.74) is 4.43. The van der Waals surface area contributed by atoms with Gasteiger partial charge in [0.05, 0.1) is 5.69 Å². The molecule has 0 aliphatic carbocycles. The van der Waals surface area contributed by atoms with Crippen molar-refractivity contribution in [3.05, 3.63) is 96.4 Å². The van der Waals surface area contributed by atoms with Crippen molar-refractivity contribution in [1.29, 1.82) is 0 Å². The molecule has 1 fully saturated rings. The summed E-state index contributed by atoms with van der Waals surface area (Å²) in [5, 5.41) is 8.00. The van der Waals surface area contributed by atoms with Crippen LogP contribution in [0.2, 0.25) is 0 Å². The van der Waals surface area contributed by atoms with Crippen molar-refractivity contribution in [3.63, 3.8) is 0 Å². The number of allylic oxidation sites excluding steroid dienone is 4. The largest absolute Gasteiger partial charge is 0.573 e. The van der Waals surface area contributed by atoms with Gasteiger partial charge in [-0.2, -0.15) is 4.99 Å². The minimum absolute atomic E-state index is 0.269. The average Bonchev–Trinajstić information content (AvgIpc) is 3.49. The van der Waals surface area contributed by atoms with Gasteiger partial charge in [0.25, 0.3) is 0 Å². The Morgan fingerprint density at radius 1 is 1.20 bits per heavy atom. The molecule has 1 saturated heterocycles. The molecule has 0 spiro atoms. The number of thioether (sulfide) groups is 1. The van der Waals surface area contributed by atoms with Crippen molar-refractivity contribution in [1.82, 2.24) is 25.0 Å². The second-order valence-electron chi connectivity index (χ2n) is 10.9. The van der Waals surface area contributed by atoms with Crippen LogP contribution in [0, 0.1) is 5.92 Å². The summed E-state index contributed by atoms with van der Waals surface area (Å²) in [5.74, 6) is 1.44. The van der Waals surface area contributed by atoms with Crippen LogP contribution in [0.1, 0.15) is 39.7 Å². The topological polar surface area (TPSA) is 84.6 Å². The van der Waals surface area contributed by atoms with Gasteiger partial charge in [0.2, 0.25) is 0 Å². The molecule has 2 heterocycles. The molecule has 12 heteroatoms. The van der Waals surface area contributed by atoms with E-state index in [9.17, 15) is 18.0 Å². The quantitative estimate of drug-likeness (QED) is 0.227. The van der Waals surface area contributed by atoms with Gasteiger partial charge in [0.1, 0.15) is 12.1 Å². The Morgan fingerprint density at radius 3 is 2.58 bits per heavy atom. The zero-order valence-electron chi connectivity index (χ0n) is 25.7. The van der Waals surface area contributed by atoms with E-state index in [1.54, 1.807) is 11.8 Å². The summed E-state index contributed by atoms with van der Waals surface area (Å²) in [7, 11) is 0. The van der Waals surface area contributed by atoms with Crippen LogP contribution in [-0.4, -0.2) is 55.6 Å². The van der Waals surface area contributed by atoms with Crippen LogP contribution in [0.5, 0.6) is 5.75 Å². The zero-order chi connectivity index (χ0) is 32.6. The number of halogens is 3. The number of rotatable bonds is 10. The van der Waals surface area contributed by atoms with E-state index in [4.69, 9.17) is 0 Å². The number of hydrogen-bond donors (Lipinski definition) is 1. The number of aliphatic imine (C=N–C) groups is 1. The molecule has 2 aromatic carbocycles. The van der Waals surface area contributed by atoms with Gasteiger partial charge in [0.15, 0.2) is 11.0 Å². The Morgan fingerprint density at radius 2 is 1.91 bits per heavy atom. The number of aromatic nitrogens is 3. The predicted molar refractivity (Wildman–Crippen MR) is 173 cm³/mol. The second-order valence-corrected chi connectivity index (χ2v) is 12.0. The van der Waals surface area contributed by atoms with Crippen molar-refractivity contribution in [3.8, 4) is 22.8 Å². The molecule has 1 aliphatic rings. The Hall–Kier alpha value is -4.32. The lowest BCUT2D eigenvalue weighted by Crippen LogP contribution is -2.42. The van der Waals surface area contributed by atoms with E-state index in [2.05, 4.69) is 76.5 Å². The van der Waals surface area contributed by atoms with Crippen LogP contribution in [0.25, 0.3) is 17.1 Å². The monoisotopic (exact) mass is 638 g/mol. The number of carbonyl (C=O) groups excluding carboxylic acids is 1. The standard InChI is InChI=1S/C33H37F3N6O2S/c1-22(2)25(5)23(3)8-6-7-18-41-24(4)17-19-45-32(41)39-31(43)37-20-26-9-11-27(12-10-26)30-38-21-42(40-30)28-13-15-29(16-14-28)44-33(34,35)36/h6-16,21-22,24H,5,17-20H2,1-4H3,(H,37,43)/b7-6-,23-8-,39-32?. The van der Waals surface area contributed by atoms with E-state index < -0.39 is 12.4 Å². The molecule has 1 aliphatic heterocycles. The lowest BCUT2D eigenvalue weighted by atomic mass is 9.98. The van der Waals surface area contributed by atoms with Crippen molar-refractivity contribution < 1.29 is 22.7 Å². The normalized spacial score (nSPS) is 16.9. The molecule has 0 radical (unpaired) electrons. The van der Waals surface area contributed by atoms with Gasteiger partial charge in [-0.1, -0.05) is 74.7 Å². The van der Waals surface area contributed by atoms with Crippen molar-refractivity contribution >= 4 is 23.0 Å². The van der Waals surface area contributed by atoms with E-state index >= 15 is 0 Å². The van der Waals surface area contributed by atoms with Crippen LogP contribution in [0.4, 0.5) is 18.0 Å². The highest BCUT2D eigenvalue weighted by atomic mass is 32.2. The first-order valence-corrected chi connectivity index (χ1v) is 15.5. The molecular weight excluding hydrogens is 601 g/mol. The molecular formula is C33H37F3N6O2S. The van der Waals surface area contributed by atoms with Crippen LogP contribution in [0.15, 0.2) is 95.8 Å². The number of alkyl halides is 3. The highest BCUT2D eigenvalue weighted by Crippen LogP contribution is 2.25. The van der Waals surface area contributed by atoms with Gasteiger partial charge in [-0.3, -0.25) is 0 Å². The molecule has 0 bridgehead atoms. The maximum absolute atomic E-state index is 12.7. The van der Waals surface area contributed by atoms with E-state index in [1.165, 1.54) is 35.3 Å². The fourth-order valence-electron chi connectivity index (χ4n) is 4.45. The minimum atomic E-state index is -4.75. The maximum Gasteiger partial charge on any atom is 0.573 e. The number of amides is 2. The number of nitrogens with zero attached hydrogens (tertiary/aromatic N) is 5. The predicted octanol–water partition coefficient (Wildman–Crippen LogP) is 7.94. The molecule has 1 atom stereocenters. The molecule has 3 aromatic rings. The van der Waals surface area contributed by atoms with Gasteiger partial charge in [-0.15, -0.1) is 18.3 Å². The Bertz CT molecular complexity index is 1560. The van der Waals surface area contributed by atoms with Crippen LogP contribution >= 0.6 is 11.8 Å². The highest BCUT2D eigenvalue weighted by molar-refractivity contribution is 8.13. The van der Waals surface area contributed by atoms with E-state index in [-0.39, 0.29) is 11.8 Å². The highest BCUT2D eigenvalue weighted by Gasteiger charge is 2.31. The van der Waals surface area contributed by atoms with E-state index in [1.807, 2.05) is 30.3 Å². The summed E-state index contributed by atoms with van der Waals surface area (Å²) >= 11 is 1.59. The van der Waals surface area contributed by atoms with Crippen molar-refractivity contribution in [2.45, 2.75) is 53.1 Å². The summed E-state index contributed by atoms with van der Waals surface area (Å²) in [6.07, 6.45) is 3.92. The summed E-state index contributed by atoms with van der Waals surface area (Å²) in [6.45, 7) is 13.6. The van der Waals surface area contributed by atoms with Gasteiger partial charge in [-0.25, -0.2) is 14.5 Å².